The maximum Gasteiger partial charge on any atom is 0.194 e. The molecule has 2 unspecified atom stereocenters. The van der Waals surface area contributed by atoms with Gasteiger partial charge in [-0.05, 0) is 36.0 Å². The Bertz CT molecular complexity index is 923. The first-order chi connectivity index (χ1) is 13.3. The van der Waals surface area contributed by atoms with E-state index >= 15 is 0 Å². The number of rotatable bonds is 3. The molecule has 148 valence electrons. The van der Waals surface area contributed by atoms with Crippen LogP contribution in [0.2, 0.25) is 0 Å². The molecule has 0 amide bonds. The van der Waals surface area contributed by atoms with Gasteiger partial charge in [0, 0.05) is 26.3 Å². The number of aliphatic imine (C=N–C) groups is 1. The normalized spacial score (nSPS) is 20.1. The van der Waals surface area contributed by atoms with Crippen LogP contribution in [0.4, 0.5) is 0 Å². The van der Waals surface area contributed by atoms with Crippen LogP contribution < -0.4 is 5.32 Å². The van der Waals surface area contributed by atoms with Crippen molar-refractivity contribution in [2.75, 3.05) is 20.1 Å². The first kappa shape index (κ1) is 20.6. The van der Waals surface area contributed by atoms with Gasteiger partial charge in [-0.15, -0.1) is 34.2 Å². The maximum atomic E-state index is 4.50. The van der Waals surface area contributed by atoms with Gasteiger partial charge in [0.15, 0.2) is 17.4 Å². The molecule has 1 aliphatic rings. The molecule has 2 atom stereocenters. The smallest absolute Gasteiger partial charge is 0.194 e. The van der Waals surface area contributed by atoms with E-state index in [2.05, 4.69) is 62.7 Å². The molecule has 4 rings (SSSR count). The summed E-state index contributed by atoms with van der Waals surface area (Å²) in [5, 5.41) is 12.0. The number of pyridine rings is 1. The molecular weight excluding hydrogens is 463 g/mol. The zero-order chi connectivity index (χ0) is 18.6. The summed E-state index contributed by atoms with van der Waals surface area (Å²) in [6.07, 6.45) is 3.13. The van der Waals surface area contributed by atoms with Crippen LogP contribution in [-0.4, -0.2) is 45.6 Å². The SMILES string of the molecule is CN=C(NCc1nnc2ccccn12)N1CCC(c2ccccc2)C(C)C1.I. The number of likely N-dealkylation sites (tertiary alicyclic amines) is 1. The van der Waals surface area contributed by atoms with Gasteiger partial charge in [-0.2, -0.15) is 0 Å². The fraction of sp³-hybridized carbons (Fsp3) is 0.381. The lowest BCUT2D eigenvalue weighted by Crippen LogP contribution is -2.47. The molecule has 0 spiro atoms. The summed E-state index contributed by atoms with van der Waals surface area (Å²) >= 11 is 0. The van der Waals surface area contributed by atoms with Crippen molar-refractivity contribution in [3.8, 4) is 0 Å². The number of guanidine groups is 1. The topological polar surface area (TPSA) is 57.8 Å². The Morgan fingerprint density at radius 3 is 2.68 bits per heavy atom. The van der Waals surface area contributed by atoms with E-state index in [-0.39, 0.29) is 24.0 Å². The molecule has 3 aromatic rings. The fourth-order valence-electron chi connectivity index (χ4n) is 4.04. The summed E-state index contributed by atoms with van der Waals surface area (Å²) in [4.78, 5) is 6.85. The predicted octanol–water partition coefficient (Wildman–Crippen LogP) is 3.55. The van der Waals surface area contributed by atoms with Crippen LogP contribution in [0.3, 0.4) is 0 Å². The van der Waals surface area contributed by atoms with Crippen LogP contribution in [-0.2, 0) is 6.54 Å². The number of piperidine rings is 1. The third kappa shape index (κ3) is 4.29. The van der Waals surface area contributed by atoms with Crippen molar-refractivity contribution < 1.29 is 0 Å². The number of hydrogen-bond acceptors (Lipinski definition) is 3. The molecule has 1 saturated heterocycles. The molecule has 1 aliphatic heterocycles. The van der Waals surface area contributed by atoms with Crippen molar-refractivity contribution in [3.05, 3.63) is 66.1 Å². The molecule has 0 radical (unpaired) electrons. The quantitative estimate of drug-likeness (QED) is 0.347. The molecule has 28 heavy (non-hydrogen) atoms. The zero-order valence-corrected chi connectivity index (χ0v) is 18.7. The van der Waals surface area contributed by atoms with Gasteiger partial charge in [-0.1, -0.05) is 43.3 Å². The van der Waals surface area contributed by atoms with Crippen LogP contribution in [0.25, 0.3) is 5.65 Å². The summed E-state index contributed by atoms with van der Waals surface area (Å²) in [5.41, 5.74) is 2.31. The van der Waals surface area contributed by atoms with Gasteiger partial charge in [0.2, 0.25) is 0 Å². The standard InChI is InChI=1S/C21H26N6.HI/c1-16-15-26(13-11-18(16)17-8-4-3-5-9-17)21(22-2)23-14-20-25-24-19-10-6-7-12-27(19)20;/h3-10,12,16,18H,11,13-15H2,1-2H3,(H,22,23);1H. The van der Waals surface area contributed by atoms with Crippen molar-refractivity contribution in [3.63, 3.8) is 0 Å². The minimum absolute atomic E-state index is 0. The number of fused-ring (bicyclic) bond motifs is 1. The second-order valence-electron chi connectivity index (χ2n) is 7.17. The van der Waals surface area contributed by atoms with Crippen LogP contribution >= 0.6 is 24.0 Å². The highest BCUT2D eigenvalue weighted by molar-refractivity contribution is 14.0. The minimum Gasteiger partial charge on any atom is -0.349 e. The lowest BCUT2D eigenvalue weighted by Gasteiger charge is -2.38. The van der Waals surface area contributed by atoms with Gasteiger partial charge in [0.1, 0.15) is 0 Å². The maximum absolute atomic E-state index is 4.50. The summed E-state index contributed by atoms with van der Waals surface area (Å²) in [6.45, 7) is 4.94. The lowest BCUT2D eigenvalue weighted by atomic mass is 9.82. The van der Waals surface area contributed by atoms with E-state index in [1.165, 1.54) is 5.56 Å². The molecule has 0 aliphatic carbocycles. The van der Waals surface area contributed by atoms with E-state index < -0.39 is 0 Å². The van der Waals surface area contributed by atoms with Gasteiger partial charge in [0.05, 0.1) is 6.54 Å². The Morgan fingerprint density at radius 2 is 1.93 bits per heavy atom. The number of nitrogens with one attached hydrogen (secondary N) is 1. The third-order valence-corrected chi connectivity index (χ3v) is 5.43. The monoisotopic (exact) mass is 490 g/mol. The number of hydrogen-bond donors (Lipinski definition) is 1. The summed E-state index contributed by atoms with van der Waals surface area (Å²) in [6, 6.07) is 16.8. The summed E-state index contributed by atoms with van der Waals surface area (Å²) in [7, 11) is 1.85. The first-order valence-electron chi connectivity index (χ1n) is 9.55. The second kappa shape index (κ2) is 9.36. The Labute approximate surface area is 183 Å². The molecule has 7 heteroatoms. The van der Waals surface area contributed by atoms with Crippen LogP contribution in [0.5, 0.6) is 0 Å². The van der Waals surface area contributed by atoms with Gasteiger partial charge in [0.25, 0.3) is 0 Å². The first-order valence-corrected chi connectivity index (χ1v) is 9.55. The molecular formula is C21H27IN6. The molecule has 3 heterocycles. The van der Waals surface area contributed by atoms with Crippen molar-refractivity contribution in [2.24, 2.45) is 10.9 Å². The average molecular weight is 490 g/mol. The van der Waals surface area contributed by atoms with Crippen molar-refractivity contribution in [1.29, 1.82) is 0 Å². The number of halogens is 1. The molecule has 2 aromatic heterocycles. The van der Waals surface area contributed by atoms with E-state index in [0.717, 1.165) is 36.9 Å². The highest BCUT2D eigenvalue weighted by Gasteiger charge is 2.28. The zero-order valence-electron chi connectivity index (χ0n) is 16.3. The van der Waals surface area contributed by atoms with Gasteiger partial charge >= 0.3 is 0 Å². The van der Waals surface area contributed by atoms with Gasteiger partial charge < -0.3 is 10.2 Å². The number of nitrogens with zero attached hydrogens (tertiary/aromatic N) is 5. The van der Waals surface area contributed by atoms with E-state index in [1.807, 2.05) is 35.8 Å². The molecule has 0 saturated carbocycles. The minimum atomic E-state index is 0. The fourth-order valence-corrected chi connectivity index (χ4v) is 4.04. The highest BCUT2D eigenvalue weighted by atomic mass is 127. The third-order valence-electron chi connectivity index (χ3n) is 5.43. The largest absolute Gasteiger partial charge is 0.349 e. The Kier molecular flexibility index (Phi) is 6.88. The summed E-state index contributed by atoms with van der Waals surface area (Å²) in [5.74, 6) is 3.01. The van der Waals surface area contributed by atoms with Crippen LogP contribution in [0, 0.1) is 5.92 Å². The van der Waals surface area contributed by atoms with E-state index in [4.69, 9.17) is 0 Å². The Morgan fingerprint density at radius 1 is 1.14 bits per heavy atom. The molecule has 1 N–H and O–H groups in total. The predicted molar refractivity (Wildman–Crippen MR) is 123 cm³/mol. The Hall–Kier alpha value is -2.16. The van der Waals surface area contributed by atoms with Crippen LogP contribution in [0.15, 0.2) is 59.7 Å². The lowest BCUT2D eigenvalue weighted by molar-refractivity contribution is 0.234. The molecule has 1 aromatic carbocycles. The highest BCUT2D eigenvalue weighted by Crippen LogP contribution is 2.32. The van der Waals surface area contributed by atoms with Crippen molar-refractivity contribution >= 4 is 35.6 Å². The van der Waals surface area contributed by atoms with E-state index in [1.54, 1.807) is 0 Å². The van der Waals surface area contributed by atoms with Gasteiger partial charge in [-0.3, -0.25) is 9.39 Å². The molecule has 0 bridgehead atoms. The van der Waals surface area contributed by atoms with Crippen molar-refractivity contribution in [2.45, 2.75) is 25.8 Å². The average Bonchev–Trinajstić information content (AvgIpc) is 3.12. The number of benzene rings is 1. The second-order valence-corrected chi connectivity index (χ2v) is 7.17. The molecule has 1 fully saturated rings. The van der Waals surface area contributed by atoms with E-state index in [9.17, 15) is 0 Å². The van der Waals surface area contributed by atoms with E-state index in [0.29, 0.717) is 18.4 Å². The number of aromatic nitrogens is 3. The van der Waals surface area contributed by atoms with Crippen molar-refractivity contribution in [1.82, 2.24) is 24.8 Å². The molecule has 6 nitrogen and oxygen atoms in total. The van der Waals surface area contributed by atoms with Crippen LogP contribution in [0.1, 0.15) is 30.7 Å². The van der Waals surface area contributed by atoms with Gasteiger partial charge in [-0.25, -0.2) is 0 Å². The Balaban J connectivity index is 0.00000225. The summed E-state index contributed by atoms with van der Waals surface area (Å²) < 4.78 is 2.00.